The van der Waals surface area contributed by atoms with E-state index in [9.17, 15) is 0 Å². The van der Waals surface area contributed by atoms with Crippen molar-refractivity contribution >= 4 is 10.9 Å². The van der Waals surface area contributed by atoms with E-state index in [4.69, 9.17) is 0 Å². The Bertz CT molecular complexity index is 650. The van der Waals surface area contributed by atoms with Crippen LogP contribution in [0, 0.1) is 5.92 Å². The average Bonchev–Trinajstić information content (AvgIpc) is 2.82. The lowest BCUT2D eigenvalue weighted by Gasteiger charge is -2.37. The van der Waals surface area contributed by atoms with Gasteiger partial charge in [-0.15, -0.1) is 0 Å². The SMILES string of the molecule is CN1CCC(C2CNCc3c2c2ccccc2n3C)CC1. The van der Waals surface area contributed by atoms with Gasteiger partial charge < -0.3 is 14.8 Å². The molecule has 2 aliphatic rings. The van der Waals surface area contributed by atoms with E-state index in [0.717, 1.165) is 19.0 Å². The number of para-hydroxylation sites is 1. The summed E-state index contributed by atoms with van der Waals surface area (Å²) >= 11 is 0. The van der Waals surface area contributed by atoms with Crippen molar-refractivity contribution in [1.29, 1.82) is 0 Å². The van der Waals surface area contributed by atoms with Crippen LogP contribution in [-0.4, -0.2) is 36.1 Å². The minimum Gasteiger partial charge on any atom is -0.346 e. The lowest BCUT2D eigenvalue weighted by atomic mass is 9.77. The zero-order chi connectivity index (χ0) is 14.4. The number of likely N-dealkylation sites (tertiary alicyclic amines) is 1. The number of nitrogens with one attached hydrogen (secondary N) is 1. The van der Waals surface area contributed by atoms with Gasteiger partial charge in [0.2, 0.25) is 0 Å². The van der Waals surface area contributed by atoms with Crippen molar-refractivity contribution < 1.29 is 0 Å². The van der Waals surface area contributed by atoms with Crippen molar-refractivity contribution in [2.75, 3.05) is 26.7 Å². The molecule has 0 radical (unpaired) electrons. The lowest BCUT2D eigenvalue weighted by Crippen LogP contribution is -2.38. The molecule has 1 N–H and O–H groups in total. The summed E-state index contributed by atoms with van der Waals surface area (Å²) in [5.41, 5.74) is 4.54. The zero-order valence-corrected chi connectivity index (χ0v) is 13.1. The summed E-state index contributed by atoms with van der Waals surface area (Å²) in [6.45, 7) is 4.67. The first-order valence-corrected chi connectivity index (χ1v) is 8.21. The first-order valence-electron chi connectivity index (χ1n) is 8.21. The molecule has 3 nitrogen and oxygen atoms in total. The second-order valence-corrected chi connectivity index (χ2v) is 6.81. The molecule has 2 aliphatic heterocycles. The molecule has 2 aromatic rings. The van der Waals surface area contributed by atoms with Crippen molar-refractivity contribution in [1.82, 2.24) is 14.8 Å². The maximum Gasteiger partial charge on any atom is 0.0483 e. The summed E-state index contributed by atoms with van der Waals surface area (Å²) in [4.78, 5) is 2.47. The quantitative estimate of drug-likeness (QED) is 0.868. The van der Waals surface area contributed by atoms with Crippen LogP contribution >= 0.6 is 0 Å². The van der Waals surface area contributed by atoms with Gasteiger partial charge in [-0.3, -0.25) is 0 Å². The van der Waals surface area contributed by atoms with Gasteiger partial charge in [-0.1, -0.05) is 18.2 Å². The summed E-state index contributed by atoms with van der Waals surface area (Å²) in [6, 6.07) is 8.93. The Morgan fingerprint density at radius 1 is 1.10 bits per heavy atom. The highest BCUT2D eigenvalue weighted by Gasteiger charge is 2.33. The molecular formula is C18H25N3. The van der Waals surface area contributed by atoms with Crippen molar-refractivity contribution in [3.63, 3.8) is 0 Å². The normalized spacial score (nSPS) is 24.4. The van der Waals surface area contributed by atoms with Crippen molar-refractivity contribution in [2.45, 2.75) is 25.3 Å². The largest absolute Gasteiger partial charge is 0.346 e. The second kappa shape index (κ2) is 5.15. The monoisotopic (exact) mass is 283 g/mol. The molecule has 21 heavy (non-hydrogen) atoms. The van der Waals surface area contributed by atoms with E-state index in [1.807, 2.05) is 0 Å². The zero-order valence-electron chi connectivity index (χ0n) is 13.1. The summed E-state index contributed by atoms with van der Waals surface area (Å²) in [5, 5.41) is 5.15. The first-order chi connectivity index (χ1) is 10.3. The van der Waals surface area contributed by atoms with Gasteiger partial charge in [0.15, 0.2) is 0 Å². The number of hydrogen-bond donors (Lipinski definition) is 1. The third kappa shape index (κ3) is 2.11. The fourth-order valence-electron chi connectivity index (χ4n) is 4.38. The number of benzene rings is 1. The van der Waals surface area contributed by atoms with Crippen molar-refractivity contribution in [3.8, 4) is 0 Å². The molecule has 0 spiro atoms. The Morgan fingerprint density at radius 2 is 1.86 bits per heavy atom. The van der Waals surface area contributed by atoms with Crippen molar-refractivity contribution in [3.05, 3.63) is 35.5 Å². The maximum atomic E-state index is 3.67. The summed E-state index contributed by atoms with van der Waals surface area (Å²) in [5.74, 6) is 1.52. The number of aryl methyl sites for hydroxylation is 1. The fraction of sp³-hybridized carbons (Fsp3) is 0.556. The second-order valence-electron chi connectivity index (χ2n) is 6.81. The standard InChI is InChI=1S/C18H25N3/c1-20-9-7-13(8-10-20)15-11-19-12-17-18(15)14-5-3-4-6-16(14)21(17)2/h3-6,13,15,19H,7-12H2,1-2H3. The molecule has 0 saturated carbocycles. The smallest absolute Gasteiger partial charge is 0.0483 e. The van der Waals surface area contributed by atoms with Gasteiger partial charge in [0.25, 0.3) is 0 Å². The van der Waals surface area contributed by atoms with Crippen LogP contribution in [0.5, 0.6) is 0 Å². The lowest BCUT2D eigenvalue weighted by molar-refractivity contribution is 0.193. The molecule has 1 aromatic heterocycles. The molecule has 4 rings (SSSR count). The van der Waals surface area contributed by atoms with Crippen LogP contribution in [0.25, 0.3) is 10.9 Å². The van der Waals surface area contributed by atoms with Gasteiger partial charge in [0, 0.05) is 42.7 Å². The van der Waals surface area contributed by atoms with Crippen LogP contribution in [0.3, 0.4) is 0 Å². The number of piperidine rings is 1. The van der Waals surface area contributed by atoms with E-state index in [2.05, 4.69) is 53.1 Å². The molecule has 3 heteroatoms. The summed E-state index contributed by atoms with van der Waals surface area (Å²) < 4.78 is 2.40. The minimum atomic E-state index is 0.688. The Morgan fingerprint density at radius 3 is 2.67 bits per heavy atom. The van der Waals surface area contributed by atoms with E-state index < -0.39 is 0 Å². The van der Waals surface area contributed by atoms with Gasteiger partial charge in [0.05, 0.1) is 0 Å². The number of nitrogens with zero attached hydrogens (tertiary/aromatic N) is 2. The molecule has 112 valence electrons. The Balaban J connectivity index is 1.79. The van der Waals surface area contributed by atoms with Crippen molar-refractivity contribution in [2.24, 2.45) is 13.0 Å². The number of hydrogen-bond acceptors (Lipinski definition) is 2. The van der Waals surface area contributed by atoms with Crippen LogP contribution in [-0.2, 0) is 13.6 Å². The average molecular weight is 283 g/mol. The topological polar surface area (TPSA) is 20.2 Å². The highest BCUT2D eigenvalue weighted by Crippen LogP contribution is 2.40. The molecule has 0 bridgehead atoms. The molecule has 3 heterocycles. The van der Waals surface area contributed by atoms with Crippen LogP contribution < -0.4 is 5.32 Å². The molecule has 0 amide bonds. The van der Waals surface area contributed by atoms with Gasteiger partial charge >= 0.3 is 0 Å². The van der Waals surface area contributed by atoms with E-state index in [1.165, 1.54) is 42.5 Å². The Kier molecular flexibility index (Phi) is 3.27. The fourth-order valence-corrected chi connectivity index (χ4v) is 4.38. The van der Waals surface area contributed by atoms with Crippen LogP contribution in [0.2, 0.25) is 0 Å². The molecule has 1 unspecified atom stereocenters. The Hall–Kier alpha value is -1.32. The molecule has 1 fully saturated rings. The third-order valence-electron chi connectivity index (χ3n) is 5.63. The molecule has 1 atom stereocenters. The predicted molar refractivity (Wildman–Crippen MR) is 87.6 cm³/mol. The van der Waals surface area contributed by atoms with E-state index in [1.54, 1.807) is 5.56 Å². The Labute approximate surface area is 126 Å². The number of aromatic nitrogens is 1. The van der Waals surface area contributed by atoms with E-state index >= 15 is 0 Å². The third-order valence-corrected chi connectivity index (χ3v) is 5.63. The summed E-state index contributed by atoms with van der Waals surface area (Å²) in [6.07, 6.45) is 2.68. The van der Waals surface area contributed by atoms with E-state index in [-0.39, 0.29) is 0 Å². The van der Waals surface area contributed by atoms with Gasteiger partial charge in [-0.2, -0.15) is 0 Å². The molecule has 1 aromatic carbocycles. The van der Waals surface area contributed by atoms with E-state index in [0.29, 0.717) is 5.92 Å². The minimum absolute atomic E-state index is 0.688. The first kappa shape index (κ1) is 13.4. The van der Waals surface area contributed by atoms with Gasteiger partial charge in [-0.05, 0) is 50.5 Å². The maximum absolute atomic E-state index is 3.67. The number of fused-ring (bicyclic) bond motifs is 3. The molecular weight excluding hydrogens is 258 g/mol. The van der Waals surface area contributed by atoms with Crippen LogP contribution in [0.4, 0.5) is 0 Å². The van der Waals surface area contributed by atoms with Crippen LogP contribution in [0.1, 0.15) is 30.0 Å². The summed E-state index contributed by atoms with van der Waals surface area (Å²) in [7, 11) is 4.47. The number of rotatable bonds is 1. The molecule has 1 saturated heterocycles. The van der Waals surface area contributed by atoms with Crippen LogP contribution in [0.15, 0.2) is 24.3 Å². The highest BCUT2D eigenvalue weighted by atomic mass is 15.1. The molecule has 0 aliphatic carbocycles. The highest BCUT2D eigenvalue weighted by molar-refractivity contribution is 5.86. The predicted octanol–water partition coefficient (Wildman–Crippen LogP) is 2.71. The van der Waals surface area contributed by atoms with Gasteiger partial charge in [0.1, 0.15) is 0 Å². The van der Waals surface area contributed by atoms with Gasteiger partial charge in [-0.25, -0.2) is 0 Å².